The van der Waals surface area contributed by atoms with Gasteiger partial charge in [0.2, 0.25) is 0 Å². The van der Waals surface area contributed by atoms with Crippen molar-refractivity contribution in [1.29, 1.82) is 0 Å². The highest BCUT2D eigenvalue weighted by Crippen LogP contribution is 2.23. The summed E-state index contributed by atoms with van der Waals surface area (Å²) in [5.74, 6) is 0.983. The normalized spacial score (nSPS) is 18.2. The third-order valence-electron chi connectivity index (χ3n) is 6.87. The first kappa shape index (κ1) is 22.4. The number of benzene rings is 2. The lowest BCUT2D eigenvalue weighted by atomic mass is 10.0. The third-order valence-corrected chi connectivity index (χ3v) is 6.87. The van der Waals surface area contributed by atoms with E-state index in [-0.39, 0.29) is 0 Å². The van der Waals surface area contributed by atoms with E-state index in [4.69, 9.17) is 4.74 Å². The summed E-state index contributed by atoms with van der Waals surface area (Å²) in [5, 5.41) is 0. The summed E-state index contributed by atoms with van der Waals surface area (Å²) in [6, 6.07) is 17.7. The van der Waals surface area contributed by atoms with Crippen LogP contribution in [0.4, 0.5) is 0 Å². The summed E-state index contributed by atoms with van der Waals surface area (Å²) in [7, 11) is 0. The highest BCUT2D eigenvalue weighted by Gasteiger charge is 2.10. The van der Waals surface area contributed by atoms with Crippen molar-refractivity contribution in [3.8, 4) is 16.9 Å². The van der Waals surface area contributed by atoms with Gasteiger partial charge in [-0.3, -0.25) is 0 Å². The molecule has 2 aromatic carbocycles. The molecule has 3 nitrogen and oxygen atoms in total. The Kier molecular flexibility index (Phi) is 8.84. The Hall–Kier alpha value is -1.84. The number of hydrogen-bond acceptors (Lipinski definition) is 3. The van der Waals surface area contributed by atoms with Gasteiger partial charge in [0.15, 0.2) is 0 Å². The predicted molar refractivity (Wildman–Crippen MR) is 131 cm³/mol. The summed E-state index contributed by atoms with van der Waals surface area (Å²) in [4.78, 5) is 5.21. The number of likely N-dealkylation sites (tertiary alicyclic amines) is 2. The van der Waals surface area contributed by atoms with E-state index >= 15 is 0 Å². The van der Waals surface area contributed by atoms with Crippen LogP contribution >= 0.6 is 0 Å². The maximum atomic E-state index is 5.97. The number of aryl methyl sites for hydroxylation is 1. The minimum Gasteiger partial charge on any atom is -0.494 e. The van der Waals surface area contributed by atoms with E-state index in [1.165, 1.54) is 107 Å². The molecule has 2 heterocycles. The van der Waals surface area contributed by atoms with Crippen molar-refractivity contribution in [2.45, 2.75) is 57.8 Å². The molecule has 0 N–H and O–H groups in total. The van der Waals surface area contributed by atoms with Crippen LogP contribution in [0.25, 0.3) is 11.1 Å². The van der Waals surface area contributed by atoms with E-state index < -0.39 is 0 Å². The minimum absolute atomic E-state index is 0.808. The lowest BCUT2D eigenvalue weighted by Crippen LogP contribution is -2.31. The minimum atomic E-state index is 0.808. The average Bonchev–Trinajstić information content (AvgIpc) is 2.84. The van der Waals surface area contributed by atoms with Crippen LogP contribution in [0.1, 0.15) is 56.9 Å². The monoisotopic (exact) mass is 420 g/mol. The van der Waals surface area contributed by atoms with Gasteiger partial charge in [-0.15, -0.1) is 0 Å². The van der Waals surface area contributed by atoms with Crippen molar-refractivity contribution in [2.75, 3.05) is 45.9 Å². The second-order valence-electron chi connectivity index (χ2n) is 9.33. The van der Waals surface area contributed by atoms with Gasteiger partial charge >= 0.3 is 0 Å². The molecule has 0 unspecified atom stereocenters. The zero-order valence-corrected chi connectivity index (χ0v) is 19.2. The van der Waals surface area contributed by atoms with Crippen LogP contribution in [0.15, 0.2) is 48.5 Å². The summed E-state index contributed by atoms with van der Waals surface area (Å²) in [6.45, 7) is 8.37. The smallest absolute Gasteiger partial charge is 0.119 e. The average molecular weight is 421 g/mol. The van der Waals surface area contributed by atoms with Gasteiger partial charge in [-0.2, -0.15) is 0 Å². The molecule has 0 radical (unpaired) electrons. The van der Waals surface area contributed by atoms with E-state index in [9.17, 15) is 0 Å². The van der Waals surface area contributed by atoms with Crippen LogP contribution in [-0.4, -0.2) is 55.7 Å². The molecule has 0 saturated carbocycles. The second-order valence-corrected chi connectivity index (χ2v) is 9.33. The lowest BCUT2D eigenvalue weighted by molar-refractivity contribution is 0.205. The van der Waals surface area contributed by atoms with Crippen molar-refractivity contribution in [3.05, 3.63) is 54.1 Å². The largest absolute Gasteiger partial charge is 0.494 e. The Balaban J connectivity index is 1.17. The second kappa shape index (κ2) is 12.3. The molecule has 0 aromatic heterocycles. The lowest BCUT2D eigenvalue weighted by Gasteiger charge is -2.26. The standard InChI is InChI=1S/C28H40N2O/c1-3-18-29(19-4-1)22-7-9-25-10-12-26(13-11-25)27-14-16-28(17-15-27)31-24-8-23-30-20-5-2-6-21-30/h10-17H,1-9,18-24H2. The fourth-order valence-corrected chi connectivity index (χ4v) is 4.96. The molecule has 168 valence electrons. The Labute approximate surface area is 189 Å². The van der Waals surface area contributed by atoms with Gasteiger partial charge in [-0.05, 0) is 106 Å². The number of ether oxygens (including phenoxy) is 1. The highest BCUT2D eigenvalue weighted by atomic mass is 16.5. The van der Waals surface area contributed by atoms with Crippen molar-refractivity contribution in [2.24, 2.45) is 0 Å². The van der Waals surface area contributed by atoms with E-state index in [0.717, 1.165) is 18.8 Å². The van der Waals surface area contributed by atoms with Gasteiger partial charge < -0.3 is 14.5 Å². The van der Waals surface area contributed by atoms with Crippen LogP contribution < -0.4 is 4.74 Å². The van der Waals surface area contributed by atoms with Gasteiger partial charge in [0.05, 0.1) is 6.61 Å². The molecular weight excluding hydrogens is 380 g/mol. The van der Waals surface area contributed by atoms with E-state index in [2.05, 4.69) is 58.3 Å². The molecule has 0 spiro atoms. The fourth-order valence-electron chi connectivity index (χ4n) is 4.96. The molecule has 0 atom stereocenters. The molecule has 2 aliphatic heterocycles. The molecule has 31 heavy (non-hydrogen) atoms. The Morgan fingerprint density at radius 1 is 0.581 bits per heavy atom. The predicted octanol–water partition coefficient (Wildman–Crippen LogP) is 6.03. The SMILES string of the molecule is c1cc(-c2ccc(OCCCN3CCCCC3)cc2)ccc1CCCN1CCCCC1. The van der Waals surface area contributed by atoms with Crippen molar-refractivity contribution < 1.29 is 4.74 Å². The molecule has 2 saturated heterocycles. The quantitative estimate of drug-likeness (QED) is 0.437. The van der Waals surface area contributed by atoms with Crippen LogP contribution in [0, 0.1) is 0 Å². The van der Waals surface area contributed by atoms with Crippen LogP contribution in [0.5, 0.6) is 5.75 Å². The first-order chi connectivity index (χ1) is 15.4. The maximum Gasteiger partial charge on any atom is 0.119 e. The van der Waals surface area contributed by atoms with Gasteiger partial charge in [-0.25, -0.2) is 0 Å². The summed E-state index contributed by atoms with van der Waals surface area (Å²) >= 11 is 0. The van der Waals surface area contributed by atoms with Crippen LogP contribution in [-0.2, 0) is 6.42 Å². The van der Waals surface area contributed by atoms with E-state index in [1.807, 2.05) is 0 Å². The zero-order valence-electron chi connectivity index (χ0n) is 19.2. The van der Waals surface area contributed by atoms with Gasteiger partial charge in [-0.1, -0.05) is 49.2 Å². The van der Waals surface area contributed by atoms with Crippen LogP contribution in [0.2, 0.25) is 0 Å². The zero-order chi connectivity index (χ0) is 21.1. The van der Waals surface area contributed by atoms with Crippen molar-refractivity contribution >= 4 is 0 Å². The number of rotatable bonds is 10. The highest BCUT2D eigenvalue weighted by molar-refractivity contribution is 5.64. The molecule has 2 aliphatic rings. The number of piperidine rings is 2. The Morgan fingerprint density at radius 2 is 1.10 bits per heavy atom. The molecular formula is C28H40N2O. The molecule has 0 amide bonds. The van der Waals surface area contributed by atoms with Crippen LogP contribution in [0.3, 0.4) is 0 Å². The maximum absolute atomic E-state index is 5.97. The molecule has 4 rings (SSSR count). The molecule has 0 bridgehead atoms. The number of hydrogen-bond donors (Lipinski definition) is 0. The molecule has 0 aliphatic carbocycles. The molecule has 2 fully saturated rings. The molecule has 2 aromatic rings. The van der Waals surface area contributed by atoms with Gasteiger partial charge in [0.25, 0.3) is 0 Å². The van der Waals surface area contributed by atoms with E-state index in [0.29, 0.717) is 0 Å². The summed E-state index contributed by atoms with van der Waals surface area (Å²) in [5.41, 5.74) is 4.01. The number of nitrogens with zero attached hydrogens (tertiary/aromatic N) is 2. The third kappa shape index (κ3) is 7.36. The topological polar surface area (TPSA) is 15.7 Å². The first-order valence-corrected chi connectivity index (χ1v) is 12.6. The summed E-state index contributed by atoms with van der Waals surface area (Å²) in [6.07, 6.45) is 11.9. The van der Waals surface area contributed by atoms with Crippen molar-refractivity contribution in [1.82, 2.24) is 9.80 Å². The van der Waals surface area contributed by atoms with Crippen molar-refractivity contribution in [3.63, 3.8) is 0 Å². The van der Waals surface area contributed by atoms with E-state index in [1.54, 1.807) is 0 Å². The Bertz CT molecular complexity index is 744. The van der Waals surface area contributed by atoms with Gasteiger partial charge in [0.1, 0.15) is 5.75 Å². The summed E-state index contributed by atoms with van der Waals surface area (Å²) < 4.78 is 5.97. The fraction of sp³-hybridized carbons (Fsp3) is 0.571. The first-order valence-electron chi connectivity index (χ1n) is 12.6. The Morgan fingerprint density at radius 3 is 1.68 bits per heavy atom. The van der Waals surface area contributed by atoms with Gasteiger partial charge in [0, 0.05) is 6.54 Å². The molecule has 3 heteroatoms.